The zero-order chi connectivity index (χ0) is 30.2. The fourth-order valence-corrected chi connectivity index (χ4v) is 7.01. The topological polar surface area (TPSA) is 90.9 Å². The molecule has 0 bridgehead atoms. The number of fused-ring (bicyclic) bond motifs is 3. The highest BCUT2D eigenvalue weighted by molar-refractivity contribution is 7.94. The summed E-state index contributed by atoms with van der Waals surface area (Å²) in [6.45, 7) is 5.23. The minimum Gasteiger partial charge on any atom is -0.254 e. The van der Waals surface area contributed by atoms with E-state index in [0.717, 1.165) is 86.7 Å². The molecule has 5 aromatic rings. The molecule has 43 heavy (non-hydrogen) atoms. The van der Waals surface area contributed by atoms with Crippen molar-refractivity contribution in [3.8, 4) is 22.3 Å². The smallest absolute Gasteiger partial charge is 0.243 e. The lowest BCUT2D eigenvalue weighted by atomic mass is 9.96. The van der Waals surface area contributed by atoms with Crippen LogP contribution in [-0.2, 0) is 24.3 Å². The van der Waals surface area contributed by atoms with E-state index in [0.29, 0.717) is 18.0 Å². The maximum absolute atomic E-state index is 13.5. The Morgan fingerprint density at radius 1 is 0.721 bits per heavy atom. The predicted octanol–water partition coefficient (Wildman–Crippen LogP) is 8.22. The molecule has 0 saturated carbocycles. The number of hydrogen-bond donors (Lipinski definition) is 0. The van der Waals surface area contributed by atoms with Crippen LogP contribution in [0.4, 0.5) is 0 Å². The molecule has 0 radical (unpaired) electrons. The number of aromatic nitrogens is 2. The van der Waals surface area contributed by atoms with Gasteiger partial charge in [0, 0.05) is 41.2 Å². The normalized spacial score (nSPS) is 12.0. The van der Waals surface area contributed by atoms with E-state index in [1.165, 1.54) is 7.11 Å². The van der Waals surface area contributed by atoms with Gasteiger partial charge in [-0.3, -0.25) is 9.97 Å². The van der Waals surface area contributed by atoms with Gasteiger partial charge in [0.25, 0.3) is 0 Å². The van der Waals surface area contributed by atoms with E-state index in [-0.39, 0.29) is 0 Å². The molecule has 0 atom stereocenters. The minimum absolute atomic E-state index is 0.320. The maximum Gasteiger partial charge on any atom is 0.243 e. The first-order valence-electron chi connectivity index (χ1n) is 14.4. The van der Waals surface area contributed by atoms with Gasteiger partial charge in [0.15, 0.2) is 0 Å². The van der Waals surface area contributed by atoms with Crippen LogP contribution < -0.4 is 0 Å². The van der Waals surface area contributed by atoms with E-state index in [1.54, 1.807) is 28.8 Å². The average Bonchev–Trinajstić information content (AvgIpc) is 3.04. The number of unbranched alkanes of at least 4 members (excludes halogenated alkanes) is 2. The van der Waals surface area contributed by atoms with Gasteiger partial charge in [-0.1, -0.05) is 68.1 Å². The second-order valence-corrected chi connectivity index (χ2v) is 12.8. The fraction of sp³-hybridized carbons (Fsp3) is 0.273. The van der Waals surface area contributed by atoms with Crippen molar-refractivity contribution >= 4 is 43.9 Å². The third-order valence-electron chi connectivity index (χ3n) is 7.34. The number of nitrogens with zero attached hydrogens (tertiary/aromatic N) is 3. The lowest BCUT2D eigenvalue weighted by Crippen LogP contribution is -2.33. The predicted molar refractivity (Wildman–Crippen MR) is 172 cm³/mol. The molecule has 0 amide bonds. The molecule has 0 saturated heterocycles. The van der Waals surface area contributed by atoms with E-state index >= 15 is 0 Å². The summed E-state index contributed by atoms with van der Waals surface area (Å²) >= 11 is 1.06. The number of benzene rings is 3. The van der Waals surface area contributed by atoms with E-state index < -0.39 is 10.0 Å². The molecule has 224 valence electrons. The van der Waals surface area contributed by atoms with Crippen LogP contribution in [0.1, 0.15) is 39.5 Å². The first kappa shape index (κ1) is 31.1. The van der Waals surface area contributed by atoms with Crippen LogP contribution in [0.5, 0.6) is 0 Å². The van der Waals surface area contributed by atoms with Gasteiger partial charge in [-0.2, -0.15) is 4.31 Å². The van der Waals surface area contributed by atoms with Gasteiger partial charge < -0.3 is 0 Å². The standard InChI is InChI=1S/C33H35N3O5S2/c1-4-6-22-36(23-7-5-2)43(37,38)27-14-10-25(11-15-27)29-19-21-35-33-31(29)17-16-30-28(18-20-34-32(30)33)24-8-12-26(13-9-24)42-41-40-39-3/h8-21H,4-7,22-23H2,1-3H3. The van der Waals surface area contributed by atoms with E-state index in [9.17, 15) is 8.42 Å². The van der Waals surface area contributed by atoms with Gasteiger partial charge in [-0.25, -0.2) is 13.3 Å². The Bertz CT molecular complexity index is 1770. The molecule has 2 heterocycles. The monoisotopic (exact) mass is 617 g/mol. The largest absolute Gasteiger partial charge is 0.254 e. The third-order valence-corrected chi connectivity index (χ3v) is 9.84. The van der Waals surface area contributed by atoms with Crippen LogP contribution in [0.15, 0.2) is 95.0 Å². The van der Waals surface area contributed by atoms with Gasteiger partial charge in [0.1, 0.15) is 0 Å². The molecule has 0 fully saturated rings. The molecule has 0 aliphatic rings. The number of pyridine rings is 2. The summed E-state index contributed by atoms with van der Waals surface area (Å²) in [5, 5.41) is 6.40. The molecular weight excluding hydrogens is 583 g/mol. The summed E-state index contributed by atoms with van der Waals surface area (Å²) in [4.78, 5) is 15.1. The highest BCUT2D eigenvalue weighted by Gasteiger charge is 2.23. The molecule has 0 aliphatic heterocycles. The van der Waals surface area contributed by atoms with Crippen LogP contribution in [0, 0.1) is 0 Å². The van der Waals surface area contributed by atoms with Crippen LogP contribution >= 0.6 is 12.0 Å². The lowest BCUT2D eigenvalue weighted by molar-refractivity contribution is -0.447. The Labute approximate surface area is 257 Å². The highest BCUT2D eigenvalue weighted by Crippen LogP contribution is 2.36. The summed E-state index contributed by atoms with van der Waals surface area (Å²) < 4.78 is 33.4. The summed E-state index contributed by atoms with van der Waals surface area (Å²) in [6.07, 6.45) is 7.16. The van der Waals surface area contributed by atoms with Crippen LogP contribution in [0.25, 0.3) is 44.1 Å². The van der Waals surface area contributed by atoms with E-state index in [4.69, 9.17) is 14.3 Å². The van der Waals surface area contributed by atoms with Gasteiger partial charge in [0.2, 0.25) is 10.0 Å². The minimum atomic E-state index is -3.56. The Morgan fingerprint density at radius 2 is 1.23 bits per heavy atom. The molecule has 0 unspecified atom stereocenters. The summed E-state index contributed by atoms with van der Waals surface area (Å²) in [6, 6.07) is 23.2. The maximum atomic E-state index is 13.5. The Hall–Kier alpha value is -3.38. The summed E-state index contributed by atoms with van der Waals surface area (Å²) in [5.41, 5.74) is 5.54. The van der Waals surface area contributed by atoms with Crippen molar-refractivity contribution in [2.45, 2.75) is 49.3 Å². The quantitative estimate of drug-likeness (QED) is 0.0405. The number of hydrogen-bond acceptors (Lipinski definition) is 8. The van der Waals surface area contributed by atoms with Crippen LogP contribution in [0.2, 0.25) is 0 Å². The van der Waals surface area contributed by atoms with Crippen molar-refractivity contribution < 1.29 is 22.7 Å². The number of sulfonamides is 1. The Kier molecular flexibility index (Phi) is 10.4. The molecule has 3 aromatic carbocycles. The van der Waals surface area contributed by atoms with Crippen molar-refractivity contribution in [2.75, 3.05) is 20.2 Å². The third kappa shape index (κ3) is 6.90. The van der Waals surface area contributed by atoms with Crippen molar-refractivity contribution in [2.24, 2.45) is 0 Å². The number of rotatable bonds is 14. The van der Waals surface area contributed by atoms with Crippen molar-refractivity contribution in [3.63, 3.8) is 0 Å². The zero-order valence-electron chi connectivity index (χ0n) is 24.5. The Morgan fingerprint density at radius 3 is 1.72 bits per heavy atom. The molecule has 10 heteroatoms. The molecule has 0 aliphatic carbocycles. The average molecular weight is 618 g/mol. The highest BCUT2D eigenvalue weighted by atomic mass is 32.2. The first-order chi connectivity index (χ1) is 21.0. The SMILES string of the molecule is CCCCN(CCCC)S(=O)(=O)c1ccc(-c2ccnc3c2ccc2c(-c4ccc(SOOOC)cc4)ccnc23)cc1. The van der Waals surface area contributed by atoms with Gasteiger partial charge in [-0.05, 0) is 71.5 Å². The molecule has 0 spiro atoms. The van der Waals surface area contributed by atoms with Gasteiger partial charge >= 0.3 is 0 Å². The van der Waals surface area contributed by atoms with Gasteiger partial charge in [-0.15, -0.1) is 4.33 Å². The summed E-state index contributed by atoms with van der Waals surface area (Å²) in [7, 11) is -2.19. The van der Waals surface area contributed by atoms with Gasteiger partial charge in [0.05, 0.1) is 35.1 Å². The van der Waals surface area contributed by atoms with Crippen molar-refractivity contribution in [3.05, 3.63) is 85.2 Å². The second kappa shape index (κ2) is 14.4. The molecule has 0 N–H and O–H groups in total. The fourth-order valence-electron chi connectivity index (χ4n) is 5.08. The lowest BCUT2D eigenvalue weighted by Gasteiger charge is -2.22. The van der Waals surface area contributed by atoms with Crippen LogP contribution in [-0.4, -0.2) is 42.9 Å². The molecule has 5 rings (SSSR count). The molecule has 2 aromatic heterocycles. The molecule has 8 nitrogen and oxygen atoms in total. The first-order valence-corrected chi connectivity index (χ1v) is 16.6. The second-order valence-electron chi connectivity index (χ2n) is 10.1. The van der Waals surface area contributed by atoms with Crippen molar-refractivity contribution in [1.82, 2.24) is 14.3 Å². The van der Waals surface area contributed by atoms with E-state index in [2.05, 4.69) is 35.9 Å². The Balaban J connectivity index is 1.47. The van der Waals surface area contributed by atoms with Crippen molar-refractivity contribution in [1.29, 1.82) is 0 Å². The summed E-state index contributed by atoms with van der Waals surface area (Å²) in [5.74, 6) is 0. The van der Waals surface area contributed by atoms with E-state index in [1.807, 2.05) is 48.5 Å². The van der Waals surface area contributed by atoms with Crippen LogP contribution in [0.3, 0.4) is 0 Å². The zero-order valence-corrected chi connectivity index (χ0v) is 26.2. The molecular formula is C33H35N3O5S2.